The average Bonchev–Trinajstić information content (AvgIpc) is 2.44. The van der Waals surface area contributed by atoms with E-state index in [0.717, 1.165) is 5.56 Å². The first-order valence-electron chi connectivity index (χ1n) is 6.58. The van der Waals surface area contributed by atoms with Gasteiger partial charge in [-0.05, 0) is 38.0 Å². The Labute approximate surface area is 118 Å². The van der Waals surface area contributed by atoms with Crippen LogP contribution < -0.4 is 5.32 Å². The standard InChI is InChI=1S/C15H21NO4/c1-10(11(2)20-3)16-14(17)9-6-12-4-7-13(8-5-12)15(18)19/h4-5,7-8,10-11H,6,9H2,1-3H3,(H,16,17)(H,18,19)/t10-,11?/m0/s1. The highest BCUT2D eigenvalue weighted by Gasteiger charge is 2.13. The number of nitrogens with one attached hydrogen (secondary N) is 1. The Balaban J connectivity index is 2.43. The van der Waals surface area contributed by atoms with Crippen LogP contribution in [0.15, 0.2) is 24.3 Å². The summed E-state index contributed by atoms with van der Waals surface area (Å²) in [5, 5.41) is 11.7. The lowest BCUT2D eigenvalue weighted by atomic mass is 10.1. The number of carbonyl (C=O) groups is 2. The number of hydrogen-bond donors (Lipinski definition) is 2. The Morgan fingerprint density at radius 3 is 2.35 bits per heavy atom. The number of methoxy groups -OCH3 is 1. The molecule has 5 heteroatoms. The van der Waals surface area contributed by atoms with Gasteiger partial charge in [-0.2, -0.15) is 0 Å². The summed E-state index contributed by atoms with van der Waals surface area (Å²) in [5.41, 5.74) is 1.19. The molecule has 1 amide bonds. The molecule has 1 aromatic rings. The fourth-order valence-electron chi connectivity index (χ4n) is 1.72. The Morgan fingerprint density at radius 2 is 1.85 bits per heavy atom. The fourth-order valence-corrected chi connectivity index (χ4v) is 1.72. The number of amides is 1. The topological polar surface area (TPSA) is 75.6 Å². The van der Waals surface area contributed by atoms with Gasteiger partial charge in [-0.15, -0.1) is 0 Å². The van der Waals surface area contributed by atoms with E-state index in [1.54, 1.807) is 31.4 Å². The molecule has 0 aliphatic rings. The number of aryl methyl sites for hydroxylation is 1. The van der Waals surface area contributed by atoms with Crippen LogP contribution in [0.3, 0.4) is 0 Å². The van der Waals surface area contributed by atoms with Crippen LogP contribution >= 0.6 is 0 Å². The molecule has 1 rings (SSSR count). The van der Waals surface area contributed by atoms with E-state index in [2.05, 4.69) is 5.32 Å². The van der Waals surface area contributed by atoms with E-state index < -0.39 is 5.97 Å². The molecule has 0 bridgehead atoms. The minimum atomic E-state index is -0.948. The van der Waals surface area contributed by atoms with Gasteiger partial charge in [-0.1, -0.05) is 12.1 Å². The summed E-state index contributed by atoms with van der Waals surface area (Å²) in [6.07, 6.45) is 0.918. The summed E-state index contributed by atoms with van der Waals surface area (Å²) in [6.45, 7) is 3.79. The first-order valence-corrected chi connectivity index (χ1v) is 6.58. The molecule has 0 saturated carbocycles. The van der Waals surface area contributed by atoms with Crippen molar-refractivity contribution < 1.29 is 19.4 Å². The van der Waals surface area contributed by atoms with Crippen molar-refractivity contribution in [1.82, 2.24) is 5.32 Å². The molecule has 0 saturated heterocycles. The maximum absolute atomic E-state index is 11.8. The van der Waals surface area contributed by atoms with E-state index in [-0.39, 0.29) is 23.6 Å². The Hall–Kier alpha value is -1.88. The van der Waals surface area contributed by atoms with Crippen molar-refractivity contribution in [2.45, 2.75) is 38.8 Å². The minimum absolute atomic E-state index is 0.0335. The molecular formula is C15H21NO4. The van der Waals surface area contributed by atoms with Gasteiger partial charge in [-0.3, -0.25) is 4.79 Å². The lowest BCUT2D eigenvalue weighted by Crippen LogP contribution is -2.40. The van der Waals surface area contributed by atoms with Crippen LogP contribution in [0.2, 0.25) is 0 Å². The van der Waals surface area contributed by atoms with Gasteiger partial charge >= 0.3 is 5.97 Å². The van der Waals surface area contributed by atoms with Gasteiger partial charge in [0.1, 0.15) is 0 Å². The quantitative estimate of drug-likeness (QED) is 0.798. The molecule has 0 aromatic heterocycles. The van der Waals surface area contributed by atoms with Gasteiger partial charge in [0.05, 0.1) is 17.7 Å². The van der Waals surface area contributed by atoms with Crippen LogP contribution in [0, 0.1) is 0 Å². The van der Waals surface area contributed by atoms with Crippen LogP contribution in [0.4, 0.5) is 0 Å². The van der Waals surface area contributed by atoms with Crippen molar-refractivity contribution in [3.05, 3.63) is 35.4 Å². The van der Waals surface area contributed by atoms with Crippen LogP contribution in [-0.2, 0) is 16.0 Å². The van der Waals surface area contributed by atoms with Gasteiger partial charge in [0.15, 0.2) is 0 Å². The number of ether oxygens (including phenoxy) is 1. The molecule has 2 N–H and O–H groups in total. The molecule has 2 atom stereocenters. The minimum Gasteiger partial charge on any atom is -0.478 e. The van der Waals surface area contributed by atoms with Gasteiger partial charge in [0.2, 0.25) is 5.91 Å². The van der Waals surface area contributed by atoms with Crippen molar-refractivity contribution in [3.63, 3.8) is 0 Å². The molecular weight excluding hydrogens is 258 g/mol. The van der Waals surface area contributed by atoms with Crippen LogP contribution in [0.5, 0.6) is 0 Å². The third-order valence-electron chi connectivity index (χ3n) is 3.31. The molecule has 0 radical (unpaired) electrons. The zero-order valence-corrected chi connectivity index (χ0v) is 12.1. The van der Waals surface area contributed by atoms with E-state index in [9.17, 15) is 9.59 Å². The molecule has 1 aromatic carbocycles. The van der Waals surface area contributed by atoms with E-state index in [0.29, 0.717) is 12.8 Å². The normalized spacial score (nSPS) is 13.6. The maximum atomic E-state index is 11.8. The number of benzene rings is 1. The van der Waals surface area contributed by atoms with Crippen molar-refractivity contribution in [2.75, 3.05) is 7.11 Å². The van der Waals surface area contributed by atoms with Crippen molar-refractivity contribution in [1.29, 1.82) is 0 Å². The van der Waals surface area contributed by atoms with E-state index >= 15 is 0 Å². The van der Waals surface area contributed by atoms with Gasteiger partial charge in [-0.25, -0.2) is 4.79 Å². The summed E-state index contributed by atoms with van der Waals surface area (Å²) < 4.78 is 5.14. The molecule has 0 aliphatic carbocycles. The van der Waals surface area contributed by atoms with Crippen LogP contribution in [0.1, 0.15) is 36.2 Å². The molecule has 0 aliphatic heterocycles. The summed E-state index contributed by atoms with van der Waals surface area (Å²) >= 11 is 0. The summed E-state index contributed by atoms with van der Waals surface area (Å²) in [5.74, 6) is -0.986. The Kier molecular flexibility index (Phi) is 6.18. The second-order valence-electron chi connectivity index (χ2n) is 4.80. The molecule has 0 fully saturated rings. The third kappa shape index (κ3) is 5.01. The number of aromatic carboxylic acids is 1. The first-order chi connectivity index (χ1) is 9.43. The fraction of sp³-hybridized carbons (Fsp3) is 0.467. The number of carbonyl (C=O) groups excluding carboxylic acids is 1. The molecule has 5 nitrogen and oxygen atoms in total. The highest BCUT2D eigenvalue weighted by Crippen LogP contribution is 2.07. The van der Waals surface area contributed by atoms with Crippen molar-refractivity contribution in [3.8, 4) is 0 Å². The molecule has 0 heterocycles. The average molecular weight is 279 g/mol. The predicted octanol–water partition coefficient (Wildman–Crippen LogP) is 1.86. The van der Waals surface area contributed by atoms with Crippen LogP contribution in [0.25, 0.3) is 0 Å². The Bertz CT molecular complexity index is 455. The summed E-state index contributed by atoms with van der Waals surface area (Å²) in [6, 6.07) is 6.52. The third-order valence-corrected chi connectivity index (χ3v) is 3.31. The van der Waals surface area contributed by atoms with Crippen molar-refractivity contribution >= 4 is 11.9 Å². The lowest BCUT2D eigenvalue weighted by Gasteiger charge is -2.19. The highest BCUT2D eigenvalue weighted by atomic mass is 16.5. The number of carboxylic acids is 1. The van der Waals surface area contributed by atoms with E-state index in [1.165, 1.54) is 0 Å². The summed E-state index contributed by atoms with van der Waals surface area (Å²) in [7, 11) is 1.61. The zero-order chi connectivity index (χ0) is 15.1. The molecule has 110 valence electrons. The van der Waals surface area contributed by atoms with Gasteiger partial charge < -0.3 is 15.2 Å². The maximum Gasteiger partial charge on any atom is 0.335 e. The highest BCUT2D eigenvalue weighted by molar-refractivity contribution is 5.87. The predicted molar refractivity (Wildman–Crippen MR) is 75.8 cm³/mol. The second kappa shape index (κ2) is 7.65. The van der Waals surface area contributed by atoms with Crippen LogP contribution in [-0.4, -0.2) is 36.2 Å². The molecule has 0 spiro atoms. The largest absolute Gasteiger partial charge is 0.478 e. The zero-order valence-electron chi connectivity index (χ0n) is 12.1. The van der Waals surface area contributed by atoms with Gasteiger partial charge in [0, 0.05) is 13.5 Å². The molecule has 20 heavy (non-hydrogen) atoms. The SMILES string of the molecule is COC(C)[C@H](C)NC(=O)CCc1ccc(C(=O)O)cc1. The number of hydrogen-bond acceptors (Lipinski definition) is 3. The first kappa shape index (κ1) is 16.2. The van der Waals surface area contributed by atoms with E-state index in [4.69, 9.17) is 9.84 Å². The van der Waals surface area contributed by atoms with Gasteiger partial charge in [0.25, 0.3) is 0 Å². The molecule has 1 unspecified atom stereocenters. The van der Waals surface area contributed by atoms with Crippen molar-refractivity contribution in [2.24, 2.45) is 0 Å². The number of rotatable bonds is 7. The summed E-state index contributed by atoms with van der Waals surface area (Å²) in [4.78, 5) is 22.5. The monoisotopic (exact) mass is 279 g/mol. The smallest absolute Gasteiger partial charge is 0.335 e. The second-order valence-corrected chi connectivity index (χ2v) is 4.80. The Morgan fingerprint density at radius 1 is 1.25 bits per heavy atom. The lowest BCUT2D eigenvalue weighted by molar-refractivity contribution is -0.122. The number of carboxylic acid groups (broad SMARTS) is 1. The van der Waals surface area contributed by atoms with E-state index in [1.807, 2.05) is 13.8 Å².